The SMILES string of the molecule is COCC(=O)OC(/C1=C/C#CCCCCC#C1)c1ccc2ccccc2c1. The molecule has 0 radical (unpaired) electrons. The van der Waals surface area contributed by atoms with Gasteiger partial charge in [0.25, 0.3) is 0 Å². The number of benzene rings is 2. The molecule has 1 atom stereocenters. The maximum absolute atomic E-state index is 12.2. The normalized spacial score (nSPS) is 16.7. The lowest BCUT2D eigenvalue weighted by molar-refractivity contribution is -0.151. The number of hydrogen-bond donors (Lipinski definition) is 0. The number of carbonyl (C=O) groups excluding carboxylic acids is 1. The third-order valence-electron chi connectivity index (χ3n) is 4.29. The maximum Gasteiger partial charge on any atom is 0.333 e. The zero-order valence-electron chi connectivity index (χ0n) is 15.5. The first-order chi connectivity index (χ1) is 13.3. The largest absolute Gasteiger partial charge is 0.450 e. The Morgan fingerprint density at radius 2 is 1.85 bits per heavy atom. The summed E-state index contributed by atoms with van der Waals surface area (Å²) in [4.78, 5) is 12.2. The molecule has 0 bridgehead atoms. The van der Waals surface area contributed by atoms with Crippen molar-refractivity contribution >= 4 is 16.7 Å². The van der Waals surface area contributed by atoms with Gasteiger partial charge in [0, 0.05) is 26.0 Å². The van der Waals surface area contributed by atoms with Crippen molar-refractivity contribution in [3.8, 4) is 23.7 Å². The van der Waals surface area contributed by atoms with Crippen LogP contribution in [-0.4, -0.2) is 19.7 Å². The first-order valence-corrected chi connectivity index (χ1v) is 9.12. The first kappa shape index (κ1) is 18.8. The van der Waals surface area contributed by atoms with E-state index in [9.17, 15) is 4.79 Å². The molecule has 1 aliphatic carbocycles. The van der Waals surface area contributed by atoms with Crippen LogP contribution in [-0.2, 0) is 14.3 Å². The molecule has 0 spiro atoms. The van der Waals surface area contributed by atoms with Crippen LogP contribution in [0.25, 0.3) is 10.8 Å². The second-order valence-electron chi connectivity index (χ2n) is 6.34. The highest BCUT2D eigenvalue weighted by Gasteiger charge is 2.21. The highest BCUT2D eigenvalue weighted by molar-refractivity contribution is 5.83. The Kier molecular flexibility index (Phi) is 6.69. The fourth-order valence-corrected chi connectivity index (χ4v) is 2.93. The van der Waals surface area contributed by atoms with E-state index >= 15 is 0 Å². The third kappa shape index (κ3) is 5.23. The van der Waals surface area contributed by atoms with Crippen molar-refractivity contribution in [3.63, 3.8) is 0 Å². The van der Waals surface area contributed by atoms with Gasteiger partial charge in [-0.25, -0.2) is 4.79 Å². The van der Waals surface area contributed by atoms with Crippen LogP contribution in [0.5, 0.6) is 0 Å². The molecule has 1 aliphatic rings. The van der Waals surface area contributed by atoms with Crippen LogP contribution in [0, 0.1) is 23.7 Å². The Morgan fingerprint density at radius 1 is 1.07 bits per heavy atom. The molecular weight excluding hydrogens is 336 g/mol. The van der Waals surface area contributed by atoms with E-state index in [0.29, 0.717) is 5.57 Å². The van der Waals surface area contributed by atoms with Gasteiger partial charge in [-0.15, -0.1) is 0 Å². The number of carbonyl (C=O) groups is 1. The van der Waals surface area contributed by atoms with Crippen LogP contribution in [0.3, 0.4) is 0 Å². The van der Waals surface area contributed by atoms with Gasteiger partial charge in [-0.3, -0.25) is 0 Å². The Labute approximate surface area is 160 Å². The van der Waals surface area contributed by atoms with E-state index in [2.05, 4.69) is 29.7 Å². The molecule has 0 aromatic heterocycles. The van der Waals surface area contributed by atoms with Crippen molar-refractivity contribution in [3.05, 3.63) is 59.7 Å². The van der Waals surface area contributed by atoms with Gasteiger partial charge in [-0.05, 0) is 35.2 Å². The zero-order chi connectivity index (χ0) is 18.9. The van der Waals surface area contributed by atoms with Crippen LogP contribution in [0.4, 0.5) is 0 Å². The summed E-state index contributed by atoms with van der Waals surface area (Å²) in [7, 11) is 1.47. The van der Waals surface area contributed by atoms with Crippen molar-refractivity contribution in [2.24, 2.45) is 0 Å². The number of hydrogen-bond acceptors (Lipinski definition) is 3. The van der Waals surface area contributed by atoms with Gasteiger partial charge in [0.05, 0.1) is 5.57 Å². The highest BCUT2D eigenvalue weighted by Crippen LogP contribution is 2.29. The number of rotatable bonds is 5. The number of allylic oxidation sites excluding steroid dienone is 1. The maximum atomic E-state index is 12.2. The Hall–Kier alpha value is -3.01. The number of esters is 1. The summed E-state index contributed by atoms with van der Waals surface area (Å²) in [6, 6.07) is 14.1. The van der Waals surface area contributed by atoms with E-state index in [-0.39, 0.29) is 6.61 Å². The second kappa shape index (κ2) is 9.62. The summed E-state index contributed by atoms with van der Waals surface area (Å²) in [5.74, 6) is 12.1. The third-order valence-corrected chi connectivity index (χ3v) is 4.29. The smallest absolute Gasteiger partial charge is 0.333 e. The molecule has 136 valence electrons. The van der Waals surface area contributed by atoms with E-state index in [4.69, 9.17) is 9.47 Å². The van der Waals surface area contributed by atoms with Crippen LogP contribution >= 0.6 is 0 Å². The topological polar surface area (TPSA) is 35.5 Å². The van der Waals surface area contributed by atoms with Crippen molar-refractivity contribution in [2.45, 2.75) is 31.8 Å². The summed E-state index contributed by atoms with van der Waals surface area (Å²) >= 11 is 0. The predicted molar refractivity (Wildman–Crippen MR) is 107 cm³/mol. The summed E-state index contributed by atoms with van der Waals surface area (Å²) in [5, 5.41) is 2.22. The van der Waals surface area contributed by atoms with Crippen LogP contribution in [0.1, 0.15) is 37.4 Å². The van der Waals surface area contributed by atoms with E-state index in [1.54, 1.807) is 6.08 Å². The van der Waals surface area contributed by atoms with Crippen LogP contribution < -0.4 is 0 Å². The van der Waals surface area contributed by atoms with Gasteiger partial charge in [0.1, 0.15) is 6.61 Å². The molecular formula is C24H22O3. The molecule has 0 saturated carbocycles. The molecule has 3 rings (SSSR count). The van der Waals surface area contributed by atoms with Crippen molar-refractivity contribution < 1.29 is 14.3 Å². The lowest BCUT2D eigenvalue weighted by Crippen LogP contribution is -2.17. The van der Waals surface area contributed by atoms with E-state index in [1.807, 2.05) is 36.4 Å². The van der Waals surface area contributed by atoms with Crippen LogP contribution in [0.15, 0.2) is 54.1 Å². The second-order valence-corrected chi connectivity index (χ2v) is 6.34. The minimum absolute atomic E-state index is 0.101. The average molecular weight is 358 g/mol. The van der Waals surface area contributed by atoms with Crippen molar-refractivity contribution in [2.75, 3.05) is 13.7 Å². The lowest BCUT2D eigenvalue weighted by atomic mass is 9.97. The summed E-state index contributed by atoms with van der Waals surface area (Å²) in [6.45, 7) is -0.101. The molecule has 27 heavy (non-hydrogen) atoms. The summed E-state index contributed by atoms with van der Waals surface area (Å²) in [6.07, 6.45) is 4.93. The van der Waals surface area contributed by atoms with E-state index < -0.39 is 12.1 Å². The minimum Gasteiger partial charge on any atom is -0.450 e. The van der Waals surface area contributed by atoms with Gasteiger partial charge in [0.15, 0.2) is 6.10 Å². The Morgan fingerprint density at radius 3 is 2.67 bits per heavy atom. The van der Waals surface area contributed by atoms with Gasteiger partial charge < -0.3 is 9.47 Å². The number of fused-ring (bicyclic) bond motifs is 1. The predicted octanol–water partition coefficient (Wildman–Crippen LogP) is 4.58. The lowest BCUT2D eigenvalue weighted by Gasteiger charge is -2.19. The number of ether oxygens (including phenoxy) is 2. The van der Waals surface area contributed by atoms with Crippen molar-refractivity contribution in [1.82, 2.24) is 0 Å². The van der Waals surface area contributed by atoms with Gasteiger partial charge >= 0.3 is 5.97 Å². The Bertz CT molecular complexity index is 964. The van der Waals surface area contributed by atoms with Gasteiger partial charge in [-0.1, -0.05) is 60.1 Å². The summed E-state index contributed by atoms with van der Waals surface area (Å²) < 4.78 is 10.7. The molecule has 0 amide bonds. The fraction of sp³-hybridized carbons (Fsp3) is 0.292. The molecule has 1 unspecified atom stereocenters. The van der Waals surface area contributed by atoms with Crippen LogP contribution in [0.2, 0.25) is 0 Å². The minimum atomic E-state index is -0.599. The molecule has 2 aromatic carbocycles. The average Bonchev–Trinajstić information content (AvgIpc) is 2.70. The Balaban J connectivity index is 2.02. The molecule has 0 aliphatic heterocycles. The van der Waals surface area contributed by atoms with Gasteiger partial charge in [0.2, 0.25) is 0 Å². The van der Waals surface area contributed by atoms with E-state index in [1.165, 1.54) is 7.11 Å². The zero-order valence-corrected chi connectivity index (χ0v) is 15.5. The molecule has 0 saturated heterocycles. The monoisotopic (exact) mass is 358 g/mol. The molecule has 0 N–H and O–H groups in total. The molecule has 0 fully saturated rings. The summed E-state index contributed by atoms with van der Waals surface area (Å²) in [5.41, 5.74) is 1.57. The number of methoxy groups -OCH3 is 1. The molecule has 0 heterocycles. The molecule has 3 nitrogen and oxygen atoms in total. The molecule has 2 aromatic rings. The van der Waals surface area contributed by atoms with Crippen molar-refractivity contribution in [1.29, 1.82) is 0 Å². The molecule has 3 heteroatoms. The van der Waals surface area contributed by atoms with E-state index in [0.717, 1.165) is 42.0 Å². The van der Waals surface area contributed by atoms with Gasteiger partial charge in [-0.2, -0.15) is 0 Å². The fourth-order valence-electron chi connectivity index (χ4n) is 2.93. The standard InChI is InChI=1S/C24H22O3/c1-26-18-23(25)27-24(20-12-7-5-3-2-4-6-8-13-20)22-16-15-19-11-9-10-14-21(19)17-22/h9-11,13-17,24H,2-5,18H2,1H3/b20-13+. The quantitative estimate of drug-likeness (QED) is 0.580. The first-order valence-electron chi connectivity index (χ1n) is 9.12. The highest BCUT2D eigenvalue weighted by atomic mass is 16.6.